The Labute approximate surface area is 97.6 Å². The van der Waals surface area contributed by atoms with Crippen molar-refractivity contribution in [3.05, 3.63) is 0 Å². The van der Waals surface area contributed by atoms with Crippen molar-refractivity contribution in [3.8, 4) is 0 Å². The third-order valence-electron chi connectivity index (χ3n) is 2.31. The molecular weight excluding hydrogens is 206 g/mol. The van der Waals surface area contributed by atoms with Crippen LogP contribution in [0.15, 0.2) is 0 Å². The molecular formula is C12H23NO3. The first kappa shape index (κ1) is 14.9. The minimum atomic E-state index is -0.997. The van der Waals surface area contributed by atoms with Crippen molar-refractivity contribution in [1.82, 2.24) is 4.90 Å². The maximum Gasteiger partial charge on any atom is 0.309 e. The lowest BCUT2D eigenvalue weighted by Gasteiger charge is -2.29. The smallest absolute Gasteiger partial charge is 0.309 e. The zero-order valence-corrected chi connectivity index (χ0v) is 11.1. The van der Waals surface area contributed by atoms with E-state index in [1.165, 1.54) is 0 Å². The van der Waals surface area contributed by atoms with E-state index in [9.17, 15) is 9.59 Å². The SMILES string of the molecule is CN(CC(C)(C)C)C(=O)CC(C)(C)C(=O)O. The molecule has 0 aromatic carbocycles. The number of carbonyl (C=O) groups is 2. The monoisotopic (exact) mass is 229 g/mol. The van der Waals surface area contributed by atoms with Gasteiger partial charge >= 0.3 is 5.97 Å². The molecule has 1 N–H and O–H groups in total. The van der Waals surface area contributed by atoms with E-state index in [0.29, 0.717) is 6.54 Å². The highest BCUT2D eigenvalue weighted by atomic mass is 16.4. The van der Waals surface area contributed by atoms with E-state index in [2.05, 4.69) is 0 Å². The van der Waals surface area contributed by atoms with E-state index in [0.717, 1.165) is 0 Å². The van der Waals surface area contributed by atoms with Crippen LogP contribution in [0.4, 0.5) is 0 Å². The predicted molar refractivity (Wildman–Crippen MR) is 63.1 cm³/mol. The third kappa shape index (κ3) is 5.14. The number of hydrogen-bond donors (Lipinski definition) is 1. The summed E-state index contributed by atoms with van der Waals surface area (Å²) in [5.41, 5.74) is -0.971. The average Bonchev–Trinajstić information content (AvgIpc) is 1.99. The molecule has 0 heterocycles. The van der Waals surface area contributed by atoms with Crippen LogP contribution in [0.5, 0.6) is 0 Å². The van der Waals surface area contributed by atoms with Gasteiger partial charge < -0.3 is 10.0 Å². The minimum Gasteiger partial charge on any atom is -0.481 e. The highest BCUT2D eigenvalue weighted by Gasteiger charge is 2.32. The van der Waals surface area contributed by atoms with E-state index < -0.39 is 11.4 Å². The topological polar surface area (TPSA) is 57.6 Å². The molecule has 0 rings (SSSR count). The zero-order chi connectivity index (χ0) is 13.1. The third-order valence-corrected chi connectivity index (χ3v) is 2.31. The maximum atomic E-state index is 11.8. The summed E-state index contributed by atoms with van der Waals surface area (Å²) >= 11 is 0. The first-order chi connectivity index (χ1) is 6.96. The molecule has 4 heteroatoms. The zero-order valence-electron chi connectivity index (χ0n) is 11.1. The van der Waals surface area contributed by atoms with Crippen LogP contribution in [0.1, 0.15) is 41.0 Å². The van der Waals surface area contributed by atoms with Gasteiger partial charge in [-0.3, -0.25) is 9.59 Å². The number of aliphatic carboxylic acids is 1. The second kappa shape index (κ2) is 4.85. The number of carbonyl (C=O) groups excluding carboxylic acids is 1. The Kier molecular flexibility index (Phi) is 4.53. The van der Waals surface area contributed by atoms with Crippen molar-refractivity contribution in [1.29, 1.82) is 0 Å². The van der Waals surface area contributed by atoms with Crippen LogP contribution in [0.25, 0.3) is 0 Å². The lowest BCUT2D eigenvalue weighted by atomic mass is 9.88. The summed E-state index contributed by atoms with van der Waals surface area (Å²) in [5.74, 6) is -1.06. The summed E-state index contributed by atoms with van der Waals surface area (Å²) in [6.45, 7) is 9.88. The van der Waals surface area contributed by atoms with Gasteiger partial charge in [0.05, 0.1) is 5.41 Å². The highest BCUT2D eigenvalue weighted by Crippen LogP contribution is 2.22. The summed E-state index contributed by atoms with van der Waals surface area (Å²) < 4.78 is 0. The fourth-order valence-electron chi connectivity index (χ4n) is 1.39. The quantitative estimate of drug-likeness (QED) is 0.802. The van der Waals surface area contributed by atoms with Crippen LogP contribution in [0, 0.1) is 10.8 Å². The van der Waals surface area contributed by atoms with Crippen molar-refractivity contribution in [2.45, 2.75) is 41.0 Å². The Bertz CT molecular complexity index is 276. The molecule has 4 nitrogen and oxygen atoms in total. The predicted octanol–water partition coefficient (Wildman–Crippen LogP) is 1.99. The molecule has 0 spiro atoms. The molecule has 0 bridgehead atoms. The average molecular weight is 229 g/mol. The molecule has 0 aromatic rings. The number of carboxylic acids is 1. The second-order valence-corrected chi connectivity index (χ2v) is 6.18. The lowest BCUT2D eigenvalue weighted by molar-refractivity contribution is -0.151. The van der Waals surface area contributed by atoms with E-state index >= 15 is 0 Å². The summed E-state index contributed by atoms with van der Waals surface area (Å²) in [7, 11) is 1.71. The Morgan fingerprint density at radius 3 is 1.88 bits per heavy atom. The van der Waals surface area contributed by atoms with Gasteiger partial charge in [-0.05, 0) is 19.3 Å². The second-order valence-electron chi connectivity index (χ2n) is 6.18. The summed E-state index contributed by atoms with van der Waals surface area (Å²) in [6, 6.07) is 0. The van der Waals surface area contributed by atoms with Gasteiger partial charge in [-0.1, -0.05) is 20.8 Å². The number of amides is 1. The molecule has 94 valence electrons. The van der Waals surface area contributed by atoms with Crippen LogP contribution in [0.3, 0.4) is 0 Å². The van der Waals surface area contributed by atoms with Gasteiger partial charge in [0.1, 0.15) is 0 Å². The summed E-state index contributed by atoms with van der Waals surface area (Å²) in [6.07, 6.45) is 0.0366. The molecule has 0 radical (unpaired) electrons. The lowest BCUT2D eigenvalue weighted by Crippen LogP contribution is -2.38. The summed E-state index contributed by atoms with van der Waals surface area (Å²) in [5, 5.41) is 8.93. The normalized spacial score (nSPS) is 12.4. The molecule has 0 aliphatic rings. The first-order valence-electron chi connectivity index (χ1n) is 5.43. The minimum absolute atomic E-state index is 0.0256. The van der Waals surface area contributed by atoms with Crippen LogP contribution >= 0.6 is 0 Å². The van der Waals surface area contributed by atoms with E-state index in [1.807, 2.05) is 20.8 Å². The maximum absolute atomic E-state index is 11.8. The van der Waals surface area contributed by atoms with Gasteiger partial charge in [0.2, 0.25) is 5.91 Å². The van der Waals surface area contributed by atoms with Crippen molar-refractivity contribution in [3.63, 3.8) is 0 Å². The number of carboxylic acid groups (broad SMARTS) is 1. The van der Waals surface area contributed by atoms with Gasteiger partial charge in [-0.15, -0.1) is 0 Å². The molecule has 0 aliphatic heterocycles. The molecule has 0 saturated carbocycles. The van der Waals surface area contributed by atoms with Crippen molar-refractivity contribution in [2.24, 2.45) is 10.8 Å². The van der Waals surface area contributed by atoms with Gasteiger partial charge in [-0.2, -0.15) is 0 Å². The molecule has 1 amide bonds. The summed E-state index contributed by atoms with van der Waals surface area (Å²) in [4.78, 5) is 24.3. The number of hydrogen-bond acceptors (Lipinski definition) is 2. The van der Waals surface area contributed by atoms with Crippen LogP contribution in [-0.4, -0.2) is 35.5 Å². The molecule has 16 heavy (non-hydrogen) atoms. The van der Waals surface area contributed by atoms with Crippen molar-refractivity contribution >= 4 is 11.9 Å². The van der Waals surface area contributed by atoms with E-state index in [-0.39, 0.29) is 17.7 Å². The molecule has 0 atom stereocenters. The molecule has 0 aliphatic carbocycles. The van der Waals surface area contributed by atoms with Crippen LogP contribution in [-0.2, 0) is 9.59 Å². The first-order valence-corrected chi connectivity index (χ1v) is 5.43. The standard InChI is InChI=1S/C12H23NO3/c1-11(2,3)8-13(6)9(14)7-12(4,5)10(15)16/h7-8H2,1-6H3,(H,15,16). The molecule has 0 aromatic heterocycles. The highest BCUT2D eigenvalue weighted by molar-refractivity contribution is 5.84. The fraction of sp³-hybridized carbons (Fsp3) is 0.833. The van der Waals surface area contributed by atoms with Gasteiger partial charge in [0, 0.05) is 20.0 Å². The molecule has 0 unspecified atom stereocenters. The van der Waals surface area contributed by atoms with Crippen LogP contribution in [0.2, 0.25) is 0 Å². The Morgan fingerprint density at radius 2 is 1.56 bits per heavy atom. The number of rotatable bonds is 4. The Morgan fingerprint density at radius 1 is 1.12 bits per heavy atom. The van der Waals surface area contributed by atoms with Gasteiger partial charge in [-0.25, -0.2) is 0 Å². The number of nitrogens with zero attached hydrogens (tertiary/aromatic N) is 1. The Hall–Kier alpha value is -1.06. The largest absolute Gasteiger partial charge is 0.481 e. The van der Waals surface area contributed by atoms with E-state index in [1.54, 1.807) is 25.8 Å². The fourth-order valence-corrected chi connectivity index (χ4v) is 1.39. The Balaban J connectivity index is 4.43. The van der Waals surface area contributed by atoms with Crippen molar-refractivity contribution < 1.29 is 14.7 Å². The van der Waals surface area contributed by atoms with E-state index in [4.69, 9.17) is 5.11 Å². The van der Waals surface area contributed by atoms with Crippen LogP contribution < -0.4 is 0 Å². The van der Waals surface area contributed by atoms with Gasteiger partial charge in [0.15, 0.2) is 0 Å². The molecule has 0 fully saturated rings. The molecule has 0 saturated heterocycles. The van der Waals surface area contributed by atoms with Crippen molar-refractivity contribution in [2.75, 3.05) is 13.6 Å². The van der Waals surface area contributed by atoms with Gasteiger partial charge in [0.25, 0.3) is 0 Å².